The fourth-order valence-corrected chi connectivity index (χ4v) is 0.693. The second-order valence-electron chi connectivity index (χ2n) is 1.94. The van der Waals surface area contributed by atoms with Gasteiger partial charge in [-0.25, -0.2) is 0 Å². The Morgan fingerprint density at radius 3 is 2.00 bits per heavy atom. The minimum absolute atomic E-state index is 0.233. The first-order valence-electron chi connectivity index (χ1n) is 2.51. The lowest BCUT2D eigenvalue weighted by atomic mass is 10.1. The molecule has 3 nitrogen and oxygen atoms in total. The van der Waals surface area contributed by atoms with E-state index in [1.54, 1.807) is 13.8 Å². The highest BCUT2D eigenvalue weighted by atomic mass is 32.2. The largest absolute Gasteiger partial charge is 0.293 e. The van der Waals surface area contributed by atoms with Crippen molar-refractivity contribution in [2.24, 2.45) is 5.92 Å². The summed E-state index contributed by atoms with van der Waals surface area (Å²) in [6.45, 7) is 3.29. The van der Waals surface area contributed by atoms with Crippen molar-refractivity contribution in [3.05, 3.63) is 0 Å². The zero-order valence-corrected chi connectivity index (χ0v) is 6.10. The number of Topliss-reactive ketones (excluding diaryl/α,β-unsaturated/α-hetero) is 1. The molecule has 0 N–H and O–H groups in total. The molecule has 0 saturated heterocycles. The molecule has 0 bridgehead atoms. The predicted octanol–water partition coefficient (Wildman–Crippen LogP) is -0.107. The van der Waals surface area contributed by atoms with Gasteiger partial charge in [0.05, 0.1) is 0 Å². The van der Waals surface area contributed by atoms with Crippen molar-refractivity contribution in [1.82, 2.24) is 0 Å². The zero-order chi connectivity index (χ0) is 7.44. The lowest BCUT2D eigenvalue weighted by Crippen LogP contribution is -2.07. The van der Waals surface area contributed by atoms with Crippen LogP contribution in [0.2, 0.25) is 0 Å². The van der Waals surface area contributed by atoms with Crippen LogP contribution in [0.25, 0.3) is 0 Å². The summed E-state index contributed by atoms with van der Waals surface area (Å²) in [6.07, 6.45) is 0. The van der Waals surface area contributed by atoms with Crippen LogP contribution in [0.4, 0.5) is 0 Å². The van der Waals surface area contributed by atoms with Crippen molar-refractivity contribution in [1.29, 1.82) is 0 Å². The van der Waals surface area contributed by atoms with Crippen molar-refractivity contribution in [2.45, 2.75) is 13.8 Å². The van der Waals surface area contributed by atoms with Gasteiger partial charge in [-0.05, 0) is 0 Å². The second kappa shape index (κ2) is 3.40. The minimum Gasteiger partial charge on any atom is -0.293 e. The molecule has 0 aliphatic rings. The van der Waals surface area contributed by atoms with Gasteiger partial charge in [0.25, 0.3) is 0 Å². The third-order valence-corrected chi connectivity index (χ3v) is 1.21. The lowest BCUT2D eigenvalue weighted by molar-refractivity contribution is -0.114. The zero-order valence-electron chi connectivity index (χ0n) is 5.29. The summed E-state index contributed by atoms with van der Waals surface area (Å²) in [5.41, 5.74) is 0. The number of hydrogen-bond acceptors (Lipinski definition) is 3. The summed E-state index contributed by atoms with van der Waals surface area (Å²) in [6, 6.07) is 0. The van der Waals surface area contributed by atoms with Crippen molar-refractivity contribution in [2.75, 3.05) is 0 Å². The quantitative estimate of drug-likeness (QED) is 0.513. The number of carbonyl (C=O) groups is 1. The Kier molecular flexibility index (Phi) is 3.16. The fourth-order valence-electron chi connectivity index (χ4n) is 0.231. The van der Waals surface area contributed by atoms with Crippen LogP contribution in [0.1, 0.15) is 13.8 Å². The van der Waals surface area contributed by atoms with Crippen LogP contribution in [-0.2, 0) is 15.1 Å². The van der Waals surface area contributed by atoms with E-state index in [-0.39, 0.29) is 11.7 Å². The van der Waals surface area contributed by atoms with E-state index in [4.69, 9.17) is 0 Å². The van der Waals surface area contributed by atoms with Crippen LogP contribution in [0, 0.1) is 5.92 Å². The highest BCUT2D eigenvalue weighted by Gasteiger charge is 2.02. The Hall–Kier alpha value is -0.640. The van der Waals surface area contributed by atoms with Crippen LogP contribution >= 0.6 is 0 Å². The van der Waals surface area contributed by atoms with E-state index < -0.39 is 10.3 Å². The van der Waals surface area contributed by atoms with E-state index in [0.29, 0.717) is 5.37 Å². The van der Waals surface area contributed by atoms with Crippen LogP contribution in [-0.4, -0.2) is 19.6 Å². The standard InChI is InChI=1S/C5H8O3S/c1-4(2)5(6)3-9(7)8/h3-4H,1-2H3. The fraction of sp³-hybridized carbons (Fsp3) is 0.600. The average Bonchev–Trinajstić information content (AvgIpc) is 1.63. The summed E-state index contributed by atoms with van der Waals surface area (Å²) >= 11 is 0. The summed E-state index contributed by atoms with van der Waals surface area (Å²) in [5.74, 6) is -0.591. The first kappa shape index (κ1) is 8.36. The molecule has 0 atom stereocenters. The molecule has 0 spiro atoms. The van der Waals surface area contributed by atoms with Gasteiger partial charge in [-0.2, -0.15) is 8.42 Å². The van der Waals surface area contributed by atoms with E-state index in [9.17, 15) is 13.2 Å². The topological polar surface area (TPSA) is 51.2 Å². The summed E-state index contributed by atoms with van der Waals surface area (Å²) in [5, 5.41) is 0.685. The Morgan fingerprint density at radius 1 is 1.44 bits per heavy atom. The second-order valence-corrected chi connectivity index (χ2v) is 2.69. The number of carbonyl (C=O) groups excluding carboxylic acids is 1. The maximum atomic E-state index is 10.5. The highest BCUT2D eigenvalue weighted by molar-refractivity contribution is 7.73. The molecule has 0 unspecified atom stereocenters. The number of ketones is 1. The van der Waals surface area contributed by atoms with Gasteiger partial charge >= 0.3 is 0 Å². The van der Waals surface area contributed by atoms with E-state index >= 15 is 0 Å². The Labute approximate surface area is 55.2 Å². The first-order chi connectivity index (χ1) is 4.04. The molecule has 0 rings (SSSR count). The van der Waals surface area contributed by atoms with E-state index in [1.165, 1.54) is 0 Å². The molecule has 0 aromatic heterocycles. The van der Waals surface area contributed by atoms with Gasteiger partial charge in [-0.3, -0.25) is 4.79 Å². The SMILES string of the molecule is CC(C)C(=O)C=S(=O)=O. The molecule has 0 amide bonds. The Balaban J connectivity index is 4.28. The van der Waals surface area contributed by atoms with Crippen LogP contribution in [0.3, 0.4) is 0 Å². The van der Waals surface area contributed by atoms with Gasteiger partial charge in [0.2, 0.25) is 10.3 Å². The van der Waals surface area contributed by atoms with E-state index in [1.807, 2.05) is 0 Å². The first-order valence-corrected chi connectivity index (χ1v) is 3.64. The summed E-state index contributed by atoms with van der Waals surface area (Å²) < 4.78 is 19.7. The highest BCUT2D eigenvalue weighted by Crippen LogP contribution is 1.89. The maximum absolute atomic E-state index is 10.5. The molecule has 9 heavy (non-hydrogen) atoms. The van der Waals surface area contributed by atoms with Crippen LogP contribution in [0.5, 0.6) is 0 Å². The molecule has 52 valence electrons. The number of rotatable bonds is 2. The van der Waals surface area contributed by atoms with E-state index in [2.05, 4.69) is 0 Å². The van der Waals surface area contributed by atoms with Crippen molar-refractivity contribution in [3.63, 3.8) is 0 Å². The molecular weight excluding hydrogens is 140 g/mol. The molecular formula is C5H8O3S. The smallest absolute Gasteiger partial charge is 0.217 e. The van der Waals surface area contributed by atoms with E-state index in [0.717, 1.165) is 0 Å². The van der Waals surface area contributed by atoms with Crippen LogP contribution in [0.15, 0.2) is 0 Å². The Morgan fingerprint density at radius 2 is 1.89 bits per heavy atom. The van der Waals surface area contributed by atoms with Gasteiger partial charge in [0, 0.05) is 5.92 Å². The third kappa shape index (κ3) is 3.90. The Bertz CT molecular complexity index is 215. The van der Waals surface area contributed by atoms with Crippen molar-refractivity contribution < 1.29 is 13.2 Å². The summed E-state index contributed by atoms with van der Waals surface area (Å²) in [4.78, 5) is 10.5. The summed E-state index contributed by atoms with van der Waals surface area (Å²) in [7, 11) is -2.34. The molecule has 0 heterocycles. The molecule has 0 radical (unpaired) electrons. The minimum atomic E-state index is -2.34. The molecule has 0 fully saturated rings. The van der Waals surface area contributed by atoms with Crippen molar-refractivity contribution in [3.8, 4) is 0 Å². The normalized spacial score (nSPS) is 9.22. The molecule has 0 saturated carbocycles. The molecule has 0 aromatic rings. The maximum Gasteiger partial charge on any atom is 0.217 e. The molecule has 0 aromatic carbocycles. The molecule has 4 heteroatoms. The van der Waals surface area contributed by atoms with Crippen molar-refractivity contribution >= 4 is 21.4 Å². The van der Waals surface area contributed by atoms with Gasteiger partial charge < -0.3 is 0 Å². The number of hydrogen-bond donors (Lipinski definition) is 0. The third-order valence-electron chi connectivity index (χ3n) is 0.781. The lowest BCUT2D eigenvalue weighted by Gasteiger charge is -1.91. The monoisotopic (exact) mass is 148 g/mol. The van der Waals surface area contributed by atoms with Gasteiger partial charge in [-0.15, -0.1) is 0 Å². The average molecular weight is 148 g/mol. The van der Waals surface area contributed by atoms with Crippen LogP contribution < -0.4 is 0 Å². The van der Waals surface area contributed by atoms with Gasteiger partial charge in [-0.1, -0.05) is 13.8 Å². The molecule has 0 aliphatic carbocycles. The molecule has 0 aliphatic heterocycles. The van der Waals surface area contributed by atoms with Gasteiger partial charge in [0.15, 0.2) is 5.78 Å². The predicted molar refractivity (Wildman–Crippen MR) is 34.8 cm³/mol. The van der Waals surface area contributed by atoms with Gasteiger partial charge in [0.1, 0.15) is 5.37 Å².